The molecule has 22 heavy (non-hydrogen) atoms. The fourth-order valence-corrected chi connectivity index (χ4v) is 5.03. The fourth-order valence-electron chi connectivity index (χ4n) is 2.27. The second kappa shape index (κ2) is 5.07. The van der Waals surface area contributed by atoms with Crippen molar-refractivity contribution in [3.05, 3.63) is 47.5 Å². The summed E-state index contributed by atoms with van der Waals surface area (Å²) < 4.78 is 63.7. The molecule has 0 aromatic heterocycles. The van der Waals surface area contributed by atoms with E-state index in [1.807, 2.05) is 0 Å². The summed E-state index contributed by atoms with van der Waals surface area (Å²) in [6.07, 6.45) is 0.410. The molecule has 6 nitrogen and oxygen atoms in total. The average Bonchev–Trinajstić information content (AvgIpc) is 2.41. The monoisotopic (exact) mass is 358 g/mol. The summed E-state index contributed by atoms with van der Waals surface area (Å²) >= 11 is 1.05. The van der Waals surface area contributed by atoms with Crippen LogP contribution < -0.4 is 0 Å². The smallest absolute Gasteiger partial charge is 0.282 e. The molecule has 2 N–H and O–H groups in total. The minimum absolute atomic E-state index is 0.210. The lowest BCUT2D eigenvalue weighted by Gasteiger charge is -2.21. The zero-order valence-corrected chi connectivity index (χ0v) is 13.4. The molecule has 1 aliphatic heterocycles. The van der Waals surface area contributed by atoms with Crippen molar-refractivity contribution in [3.63, 3.8) is 0 Å². The van der Waals surface area contributed by atoms with Crippen molar-refractivity contribution in [1.82, 2.24) is 0 Å². The molecule has 0 saturated heterocycles. The number of rotatable bonds is 2. The van der Waals surface area contributed by atoms with Gasteiger partial charge in [-0.3, -0.25) is 9.11 Å². The highest BCUT2D eigenvalue weighted by Gasteiger charge is 2.25. The molecule has 0 spiro atoms. The van der Waals surface area contributed by atoms with Crippen LogP contribution in [-0.2, 0) is 26.7 Å². The van der Waals surface area contributed by atoms with E-state index in [0.717, 1.165) is 22.9 Å². The molecule has 0 unspecified atom stereocenters. The van der Waals surface area contributed by atoms with Crippen LogP contribution in [0.3, 0.4) is 0 Å². The van der Waals surface area contributed by atoms with Crippen LogP contribution in [0.5, 0.6) is 0 Å². The van der Waals surface area contributed by atoms with Crippen LogP contribution in [0.1, 0.15) is 11.1 Å². The van der Waals surface area contributed by atoms with E-state index < -0.39 is 20.2 Å². The fraction of sp³-hybridized carbons (Fsp3) is 0.0769. The van der Waals surface area contributed by atoms with Gasteiger partial charge in [-0.25, -0.2) is 0 Å². The molecule has 116 valence electrons. The van der Waals surface area contributed by atoms with E-state index in [0.29, 0.717) is 16.2 Å². The normalized spacial score (nSPS) is 14.3. The van der Waals surface area contributed by atoms with Crippen molar-refractivity contribution < 1.29 is 25.9 Å². The highest BCUT2D eigenvalue weighted by Crippen LogP contribution is 2.43. The summed E-state index contributed by atoms with van der Waals surface area (Å²) in [6, 6.07) is 8.75. The van der Waals surface area contributed by atoms with E-state index in [4.69, 9.17) is 4.55 Å². The molecule has 9 heteroatoms. The van der Waals surface area contributed by atoms with Crippen LogP contribution in [-0.4, -0.2) is 25.9 Å². The Morgan fingerprint density at radius 1 is 0.909 bits per heavy atom. The van der Waals surface area contributed by atoms with Gasteiger partial charge in [0.15, 0.2) is 0 Å². The highest BCUT2D eigenvalue weighted by atomic mass is 32.2. The van der Waals surface area contributed by atoms with Gasteiger partial charge in [-0.15, -0.1) is 0 Å². The lowest BCUT2D eigenvalue weighted by atomic mass is 10.0. The maximum absolute atomic E-state index is 11.4. The Morgan fingerprint density at radius 2 is 1.64 bits per heavy atom. The molecule has 0 bridgehead atoms. The molecule has 2 aromatic rings. The molecular weight excluding hydrogens is 348 g/mol. The molecule has 2 aromatic carbocycles. The second-order valence-electron chi connectivity index (χ2n) is 4.74. The molecule has 1 heterocycles. The Hall–Kier alpha value is -1.39. The average molecular weight is 358 g/mol. The molecule has 0 amide bonds. The molecule has 0 aliphatic carbocycles. The van der Waals surface area contributed by atoms with Crippen LogP contribution in [0.15, 0.2) is 56.0 Å². The van der Waals surface area contributed by atoms with Crippen molar-refractivity contribution in [2.75, 3.05) is 0 Å². The lowest BCUT2D eigenvalue weighted by molar-refractivity contribution is 0.479. The number of hydrogen-bond donors (Lipinski definition) is 2. The van der Waals surface area contributed by atoms with E-state index >= 15 is 0 Å². The van der Waals surface area contributed by atoms with E-state index in [1.54, 1.807) is 18.2 Å². The van der Waals surface area contributed by atoms with Crippen LogP contribution in [0.4, 0.5) is 0 Å². The minimum atomic E-state index is -4.37. The van der Waals surface area contributed by atoms with Crippen molar-refractivity contribution in [2.45, 2.75) is 26.0 Å². The first-order valence-corrected chi connectivity index (χ1v) is 9.73. The summed E-state index contributed by atoms with van der Waals surface area (Å²) in [7, 11) is -8.71. The van der Waals surface area contributed by atoms with Crippen LogP contribution >= 0.6 is 11.8 Å². The van der Waals surface area contributed by atoms with Crippen molar-refractivity contribution in [2.24, 2.45) is 0 Å². The van der Waals surface area contributed by atoms with E-state index in [-0.39, 0.29) is 9.79 Å². The summed E-state index contributed by atoms with van der Waals surface area (Å²) in [5.74, 6) is 0. The summed E-state index contributed by atoms with van der Waals surface area (Å²) in [4.78, 5) is 0.424. The molecule has 0 fully saturated rings. The third-order valence-electron chi connectivity index (χ3n) is 3.27. The zero-order chi connectivity index (χ0) is 16.1. The van der Waals surface area contributed by atoms with Gasteiger partial charge in [0.2, 0.25) is 0 Å². The Labute approximate surface area is 131 Å². The van der Waals surface area contributed by atoms with Crippen molar-refractivity contribution in [1.29, 1.82) is 0 Å². The van der Waals surface area contributed by atoms with Gasteiger partial charge in [0.25, 0.3) is 20.2 Å². The van der Waals surface area contributed by atoms with Gasteiger partial charge < -0.3 is 0 Å². The van der Waals surface area contributed by atoms with Gasteiger partial charge in [0, 0.05) is 9.79 Å². The topological polar surface area (TPSA) is 109 Å². The van der Waals surface area contributed by atoms with E-state index in [9.17, 15) is 21.4 Å². The Balaban J connectivity index is 2.16. The van der Waals surface area contributed by atoms with Gasteiger partial charge in [0.05, 0.1) is 4.90 Å². The van der Waals surface area contributed by atoms with Crippen LogP contribution in [0.2, 0.25) is 0 Å². The van der Waals surface area contributed by atoms with Crippen molar-refractivity contribution in [3.8, 4) is 0 Å². The number of hydrogen-bond acceptors (Lipinski definition) is 5. The van der Waals surface area contributed by atoms with Crippen LogP contribution in [0.25, 0.3) is 0 Å². The maximum Gasteiger partial charge on any atom is 0.295 e. The Bertz CT molecular complexity index is 977. The SMILES string of the molecule is O=S(=O)(O)c1ccc2c(c1)Sc1c(cccc1S(=O)(=O)O)C2. The van der Waals surface area contributed by atoms with Gasteiger partial charge in [0.1, 0.15) is 4.90 Å². The van der Waals surface area contributed by atoms with E-state index in [2.05, 4.69) is 0 Å². The van der Waals surface area contributed by atoms with Gasteiger partial charge in [-0.05, 0) is 35.7 Å². The predicted molar refractivity (Wildman–Crippen MR) is 79.4 cm³/mol. The highest BCUT2D eigenvalue weighted by molar-refractivity contribution is 8.00. The zero-order valence-electron chi connectivity index (χ0n) is 10.9. The first kappa shape index (κ1) is 15.5. The van der Waals surface area contributed by atoms with E-state index in [1.165, 1.54) is 18.2 Å². The largest absolute Gasteiger partial charge is 0.295 e. The number of benzene rings is 2. The summed E-state index contributed by atoms with van der Waals surface area (Å²) in [5, 5.41) is 0. The summed E-state index contributed by atoms with van der Waals surface area (Å²) in [5.41, 5.74) is 1.55. The quantitative estimate of drug-likeness (QED) is 0.676. The summed E-state index contributed by atoms with van der Waals surface area (Å²) in [6.45, 7) is 0. The Kier molecular flexibility index (Phi) is 3.57. The third-order valence-corrected chi connectivity index (χ3v) is 6.43. The molecule has 0 saturated carbocycles. The number of fused-ring (bicyclic) bond motifs is 2. The molecule has 3 rings (SSSR count). The first-order chi connectivity index (χ1) is 10.2. The molecule has 0 radical (unpaired) electrons. The van der Waals surface area contributed by atoms with Crippen molar-refractivity contribution >= 4 is 32.0 Å². The van der Waals surface area contributed by atoms with Gasteiger partial charge in [-0.2, -0.15) is 16.8 Å². The maximum atomic E-state index is 11.4. The molecule has 1 aliphatic rings. The first-order valence-electron chi connectivity index (χ1n) is 6.04. The third kappa shape index (κ3) is 2.77. The Morgan fingerprint density at radius 3 is 2.27 bits per heavy atom. The van der Waals surface area contributed by atoms with Gasteiger partial charge in [-0.1, -0.05) is 30.0 Å². The predicted octanol–water partition coefficient (Wildman–Crippen LogP) is 2.24. The van der Waals surface area contributed by atoms with Gasteiger partial charge >= 0.3 is 0 Å². The molecular formula is C13H10O6S3. The molecule has 0 atom stereocenters. The lowest BCUT2D eigenvalue weighted by Crippen LogP contribution is -2.07. The van der Waals surface area contributed by atoms with Crippen LogP contribution in [0, 0.1) is 0 Å². The second-order valence-corrected chi connectivity index (χ2v) is 8.61. The minimum Gasteiger partial charge on any atom is -0.282 e. The standard InChI is InChI=1S/C13H10O6S3/c14-21(15,16)10-5-4-8-6-9-2-1-3-12(22(17,18)19)13(9)20-11(8)7-10/h1-5,7H,6H2,(H,14,15,16)(H,17,18,19).